The highest BCUT2D eigenvalue weighted by molar-refractivity contribution is 5.84. The molecule has 1 aliphatic rings. The monoisotopic (exact) mass is 340 g/mol. The van der Waals surface area contributed by atoms with Gasteiger partial charge in [0.15, 0.2) is 0 Å². The number of nitrogens with one attached hydrogen (secondary N) is 1. The van der Waals surface area contributed by atoms with Crippen molar-refractivity contribution in [3.8, 4) is 0 Å². The van der Waals surface area contributed by atoms with Gasteiger partial charge in [-0.05, 0) is 49.4 Å². The molecule has 0 bridgehead atoms. The molecule has 25 heavy (non-hydrogen) atoms. The van der Waals surface area contributed by atoms with E-state index in [2.05, 4.69) is 9.97 Å². The molecule has 0 spiro atoms. The first-order valence-electron chi connectivity index (χ1n) is 8.64. The lowest BCUT2D eigenvalue weighted by Gasteiger charge is -2.32. The van der Waals surface area contributed by atoms with Gasteiger partial charge in [0.05, 0.1) is 0 Å². The number of amides is 1. The van der Waals surface area contributed by atoms with Crippen LogP contribution in [0.5, 0.6) is 0 Å². The molecule has 0 aliphatic carbocycles. The number of benzene rings is 1. The first kappa shape index (κ1) is 15.9. The normalized spacial score (nSPS) is 15.8. The molecular weight excluding hydrogens is 319 g/mol. The van der Waals surface area contributed by atoms with Gasteiger partial charge in [0.2, 0.25) is 5.91 Å². The summed E-state index contributed by atoms with van der Waals surface area (Å²) in [6.45, 7) is 3.71. The number of hydrogen-bond donors (Lipinski definition) is 1. The number of aryl methyl sites for hydroxylation is 1. The second kappa shape index (κ2) is 6.35. The molecule has 6 heteroatoms. The number of H-pyrrole nitrogens is 1. The summed E-state index contributed by atoms with van der Waals surface area (Å²) >= 11 is 0. The van der Waals surface area contributed by atoms with Crippen LogP contribution < -0.4 is 0 Å². The number of imidazole rings is 1. The van der Waals surface area contributed by atoms with Gasteiger partial charge in [0.25, 0.3) is 0 Å². The second-order valence-electron chi connectivity index (χ2n) is 6.69. The smallest absolute Gasteiger partial charge is 0.242 e. The number of aromatic amines is 1. The maximum atomic E-state index is 13.6. The van der Waals surface area contributed by atoms with Crippen molar-refractivity contribution in [2.45, 2.75) is 32.2 Å². The Morgan fingerprint density at radius 2 is 2.16 bits per heavy atom. The van der Waals surface area contributed by atoms with E-state index < -0.39 is 0 Å². The number of piperidine rings is 1. The van der Waals surface area contributed by atoms with Crippen molar-refractivity contribution in [3.63, 3.8) is 0 Å². The van der Waals surface area contributed by atoms with Crippen LogP contribution in [0.1, 0.15) is 30.1 Å². The van der Waals surface area contributed by atoms with Crippen LogP contribution in [0.15, 0.2) is 36.8 Å². The highest BCUT2D eigenvalue weighted by Gasteiger charge is 2.25. The molecule has 1 fully saturated rings. The van der Waals surface area contributed by atoms with Crippen LogP contribution in [0.3, 0.4) is 0 Å². The molecule has 130 valence electrons. The number of carbonyl (C=O) groups is 1. The van der Waals surface area contributed by atoms with Crippen LogP contribution in [-0.2, 0) is 11.3 Å². The second-order valence-corrected chi connectivity index (χ2v) is 6.69. The van der Waals surface area contributed by atoms with E-state index in [1.165, 1.54) is 6.07 Å². The number of hydrogen-bond acceptors (Lipinski definition) is 2. The highest BCUT2D eigenvalue weighted by Crippen LogP contribution is 2.33. The van der Waals surface area contributed by atoms with Crippen LogP contribution in [0.4, 0.5) is 4.39 Å². The van der Waals surface area contributed by atoms with Crippen molar-refractivity contribution in [2.75, 3.05) is 13.1 Å². The highest BCUT2D eigenvalue weighted by atomic mass is 19.1. The van der Waals surface area contributed by atoms with E-state index in [1.54, 1.807) is 18.3 Å². The molecule has 1 N–H and O–H groups in total. The van der Waals surface area contributed by atoms with E-state index in [1.807, 2.05) is 28.8 Å². The fourth-order valence-corrected chi connectivity index (χ4v) is 3.71. The standard InChI is InChI=1S/C19H21FN4O/c1-13-21-6-9-24(13)12-19(25)23-7-4-14(5-8-23)17-11-22-18-3-2-15(20)10-16(17)18/h2-3,6,9-11,14,22H,4-5,7-8,12H2,1H3. The minimum Gasteiger partial charge on any atom is -0.361 e. The summed E-state index contributed by atoms with van der Waals surface area (Å²) in [5.74, 6) is 1.12. The lowest BCUT2D eigenvalue weighted by molar-refractivity contribution is -0.132. The summed E-state index contributed by atoms with van der Waals surface area (Å²) < 4.78 is 15.4. The van der Waals surface area contributed by atoms with Crippen molar-refractivity contribution in [2.24, 2.45) is 0 Å². The molecule has 2 aromatic heterocycles. The summed E-state index contributed by atoms with van der Waals surface area (Å²) in [5.41, 5.74) is 2.12. The Kier molecular flexibility index (Phi) is 4.03. The van der Waals surface area contributed by atoms with Crippen LogP contribution >= 0.6 is 0 Å². The Morgan fingerprint density at radius 1 is 1.36 bits per heavy atom. The van der Waals surface area contributed by atoms with Crippen molar-refractivity contribution in [1.82, 2.24) is 19.4 Å². The Hall–Kier alpha value is -2.63. The van der Waals surface area contributed by atoms with Gasteiger partial charge in [-0.3, -0.25) is 4.79 Å². The average molecular weight is 340 g/mol. The Bertz CT molecular complexity index is 905. The van der Waals surface area contributed by atoms with Crippen molar-refractivity contribution in [3.05, 3.63) is 54.0 Å². The molecule has 5 nitrogen and oxygen atoms in total. The molecule has 1 aromatic carbocycles. The molecule has 4 rings (SSSR count). The van der Waals surface area contributed by atoms with E-state index >= 15 is 0 Å². The third kappa shape index (κ3) is 3.04. The predicted octanol–water partition coefficient (Wildman–Crippen LogP) is 3.22. The lowest BCUT2D eigenvalue weighted by atomic mass is 9.89. The third-order valence-electron chi connectivity index (χ3n) is 5.19. The van der Waals surface area contributed by atoms with Gasteiger partial charge in [-0.15, -0.1) is 0 Å². The van der Waals surface area contributed by atoms with Crippen molar-refractivity contribution >= 4 is 16.8 Å². The van der Waals surface area contributed by atoms with Crippen molar-refractivity contribution in [1.29, 1.82) is 0 Å². The van der Waals surface area contributed by atoms with Gasteiger partial charge in [-0.1, -0.05) is 0 Å². The average Bonchev–Trinajstić information content (AvgIpc) is 3.21. The number of nitrogens with zero attached hydrogens (tertiary/aromatic N) is 3. The van der Waals surface area contributed by atoms with E-state index in [-0.39, 0.29) is 11.7 Å². The molecule has 1 amide bonds. The first-order valence-corrected chi connectivity index (χ1v) is 8.64. The zero-order chi connectivity index (χ0) is 17.4. The maximum Gasteiger partial charge on any atom is 0.242 e. The molecule has 0 atom stereocenters. The number of carbonyl (C=O) groups excluding carboxylic acids is 1. The van der Waals surface area contributed by atoms with Crippen molar-refractivity contribution < 1.29 is 9.18 Å². The number of likely N-dealkylation sites (tertiary alicyclic amines) is 1. The van der Waals surface area contributed by atoms with Crippen LogP contribution in [0.2, 0.25) is 0 Å². The van der Waals surface area contributed by atoms with Crippen LogP contribution in [-0.4, -0.2) is 38.4 Å². The summed E-state index contributed by atoms with van der Waals surface area (Å²) in [4.78, 5) is 21.8. The van der Waals surface area contributed by atoms with Gasteiger partial charge >= 0.3 is 0 Å². The lowest BCUT2D eigenvalue weighted by Crippen LogP contribution is -2.39. The van der Waals surface area contributed by atoms with E-state index in [9.17, 15) is 9.18 Å². The van der Waals surface area contributed by atoms with Gasteiger partial charge in [0, 0.05) is 42.6 Å². The Labute approximate surface area is 145 Å². The molecule has 1 saturated heterocycles. The molecular formula is C19H21FN4O. The van der Waals surface area contributed by atoms with Crippen LogP contribution in [0, 0.1) is 12.7 Å². The summed E-state index contributed by atoms with van der Waals surface area (Å²) in [7, 11) is 0. The number of aromatic nitrogens is 3. The zero-order valence-electron chi connectivity index (χ0n) is 14.2. The number of halogens is 1. The third-order valence-corrected chi connectivity index (χ3v) is 5.19. The maximum absolute atomic E-state index is 13.6. The fraction of sp³-hybridized carbons (Fsp3) is 0.368. The van der Waals surface area contributed by atoms with E-state index in [0.29, 0.717) is 12.5 Å². The van der Waals surface area contributed by atoms with E-state index in [0.717, 1.165) is 48.2 Å². The first-order chi connectivity index (χ1) is 12.1. The molecule has 1 aliphatic heterocycles. The Balaban J connectivity index is 1.43. The number of fused-ring (bicyclic) bond motifs is 1. The minimum atomic E-state index is -0.211. The molecule has 0 saturated carbocycles. The van der Waals surface area contributed by atoms with Gasteiger partial charge in [-0.2, -0.15) is 0 Å². The number of rotatable bonds is 3. The minimum absolute atomic E-state index is 0.129. The molecule has 3 aromatic rings. The van der Waals surface area contributed by atoms with Gasteiger partial charge in [-0.25, -0.2) is 9.37 Å². The molecule has 3 heterocycles. The topological polar surface area (TPSA) is 53.9 Å². The SMILES string of the molecule is Cc1nccn1CC(=O)N1CCC(c2c[nH]c3ccc(F)cc23)CC1. The largest absolute Gasteiger partial charge is 0.361 e. The summed E-state index contributed by atoms with van der Waals surface area (Å²) in [6.07, 6.45) is 7.34. The van der Waals surface area contributed by atoms with Crippen LogP contribution in [0.25, 0.3) is 10.9 Å². The quantitative estimate of drug-likeness (QED) is 0.796. The summed E-state index contributed by atoms with van der Waals surface area (Å²) in [5, 5.41) is 0.957. The van der Waals surface area contributed by atoms with Gasteiger partial charge in [0.1, 0.15) is 18.2 Å². The summed E-state index contributed by atoms with van der Waals surface area (Å²) in [6, 6.07) is 4.85. The predicted molar refractivity (Wildman–Crippen MR) is 93.8 cm³/mol. The molecule has 0 unspecified atom stereocenters. The molecule has 0 radical (unpaired) electrons. The zero-order valence-corrected chi connectivity index (χ0v) is 14.2. The van der Waals surface area contributed by atoms with E-state index in [4.69, 9.17) is 0 Å². The fourth-order valence-electron chi connectivity index (χ4n) is 3.71. The Morgan fingerprint density at radius 3 is 2.88 bits per heavy atom. The van der Waals surface area contributed by atoms with Gasteiger partial charge < -0.3 is 14.5 Å².